The molecule has 0 aromatic heterocycles. The maximum Gasteiger partial charge on any atom is 0.0977 e. The largest absolute Gasteiger partial charge is 0.390 e. The molecule has 3 unspecified atom stereocenters. The molecule has 0 aliphatic rings. The van der Waals surface area contributed by atoms with Crippen molar-refractivity contribution in [3.63, 3.8) is 0 Å². The van der Waals surface area contributed by atoms with Gasteiger partial charge in [0.05, 0.1) is 12.2 Å². The summed E-state index contributed by atoms with van der Waals surface area (Å²) >= 11 is 0. The van der Waals surface area contributed by atoms with Gasteiger partial charge in [0.1, 0.15) is 0 Å². The molecule has 0 amide bonds. The van der Waals surface area contributed by atoms with E-state index < -0.39 is 12.2 Å². The van der Waals surface area contributed by atoms with E-state index in [0.717, 1.165) is 6.42 Å². The molecule has 0 rings (SSSR count). The van der Waals surface area contributed by atoms with Gasteiger partial charge in [-0.15, -0.1) is 6.58 Å². The smallest absolute Gasteiger partial charge is 0.0977 e. The molecule has 0 radical (unpaired) electrons. The van der Waals surface area contributed by atoms with Crippen molar-refractivity contribution in [2.24, 2.45) is 5.92 Å². The molecule has 0 aromatic carbocycles. The molecular formula is C9H18O2. The molecular weight excluding hydrogens is 140 g/mol. The van der Waals surface area contributed by atoms with Gasteiger partial charge in [0.2, 0.25) is 0 Å². The van der Waals surface area contributed by atoms with Crippen LogP contribution in [-0.4, -0.2) is 22.4 Å². The minimum Gasteiger partial charge on any atom is -0.390 e. The highest BCUT2D eigenvalue weighted by Gasteiger charge is 2.14. The van der Waals surface area contributed by atoms with Gasteiger partial charge in [0.25, 0.3) is 0 Å². The van der Waals surface area contributed by atoms with Crippen LogP contribution in [0.4, 0.5) is 0 Å². The highest BCUT2D eigenvalue weighted by Crippen LogP contribution is 2.12. The lowest BCUT2D eigenvalue weighted by Gasteiger charge is -2.17. The van der Waals surface area contributed by atoms with Crippen molar-refractivity contribution in [2.75, 3.05) is 0 Å². The van der Waals surface area contributed by atoms with Crippen LogP contribution in [0, 0.1) is 5.92 Å². The van der Waals surface area contributed by atoms with E-state index in [4.69, 9.17) is 5.11 Å². The Morgan fingerprint density at radius 2 is 2.00 bits per heavy atom. The summed E-state index contributed by atoms with van der Waals surface area (Å²) in [6.07, 6.45) is 1.61. The summed E-state index contributed by atoms with van der Waals surface area (Å²) in [5.41, 5.74) is 0. The maximum absolute atomic E-state index is 9.30. The van der Waals surface area contributed by atoms with E-state index in [1.807, 2.05) is 0 Å². The van der Waals surface area contributed by atoms with Gasteiger partial charge in [-0.2, -0.15) is 0 Å². The standard InChI is InChI=1S/C9H18O2/c1-4-7(3)6-9(11)8(10)5-2/h5,7-11H,2,4,6H2,1,3H3. The van der Waals surface area contributed by atoms with Crippen molar-refractivity contribution in [3.05, 3.63) is 12.7 Å². The fraction of sp³-hybridized carbons (Fsp3) is 0.778. The van der Waals surface area contributed by atoms with Gasteiger partial charge < -0.3 is 10.2 Å². The quantitative estimate of drug-likeness (QED) is 0.593. The molecule has 0 saturated carbocycles. The first-order valence-electron chi connectivity index (χ1n) is 4.10. The van der Waals surface area contributed by atoms with Crippen molar-refractivity contribution in [3.8, 4) is 0 Å². The normalized spacial score (nSPS) is 18.9. The van der Waals surface area contributed by atoms with Crippen molar-refractivity contribution >= 4 is 0 Å². The number of aliphatic hydroxyl groups excluding tert-OH is 2. The molecule has 0 fully saturated rings. The minimum absolute atomic E-state index is 0.458. The van der Waals surface area contributed by atoms with Gasteiger partial charge in [-0.05, 0) is 12.3 Å². The maximum atomic E-state index is 9.30. The SMILES string of the molecule is C=CC(O)C(O)CC(C)CC. The van der Waals surface area contributed by atoms with Crippen LogP contribution in [0.5, 0.6) is 0 Å². The summed E-state index contributed by atoms with van der Waals surface area (Å²) < 4.78 is 0. The lowest BCUT2D eigenvalue weighted by atomic mass is 9.98. The molecule has 0 aliphatic heterocycles. The Morgan fingerprint density at radius 1 is 1.45 bits per heavy atom. The third-order valence-electron chi connectivity index (χ3n) is 1.98. The Balaban J connectivity index is 3.66. The van der Waals surface area contributed by atoms with E-state index in [0.29, 0.717) is 12.3 Å². The van der Waals surface area contributed by atoms with Gasteiger partial charge >= 0.3 is 0 Å². The van der Waals surface area contributed by atoms with E-state index in [2.05, 4.69) is 20.4 Å². The van der Waals surface area contributed by atoms with E-state index >= 15 is 0 Å². The van der Waals surface area contributed by atoms with Gasteiger partial charge in [-0.1, -0.05) is 26.3 Å². The van der Waals surface area contributed by atoms with E-state index in [1.165, 1.54) is 6.08 Å². The van der Waals surface area contributed by atoms with Crippen LogP contribution >= 0.6 is 0 Å². The van der Waals surface area contributed by atoms with Gasteiger partial charge in [0.15, 0.2) is 0 Å². The topological polar surface area (TPSA) is 40.5 Å². The lowest BCUT2D eigenvalue weighted by molar-refractivity contribution is 0.0333. The number of rotatable bonds is 5. The summed E-state index contributed by atoms with van der Waals surface area (Å²) in [6.45, 7) is 7.53. The molecule has 11 heavy (non-hydrogen) atoms. The zero-order valence-corrected chi connectivity index (χ0v) is 7.33. The Bertz CT molecular complexity index is 112. The second kappa shape index (κ2) is 5.33. The first-order chi connectivity index (χ1) is 5.11. The van der Waals surface area contributed by atoms with Crippen LogP contribution in [0.25, 0.3) is 0 Å². The third-order valence-corrected chi connectivity index (χ3v) is 1.98. The van der Waals surface area contributed by atoms with Crippen LogP contribution in [0.1, 0.15) is 26.7 Å². The predicted molar refractivity (Wildman–Crippen MR) is 46.3 cm³/mol. The van der Waals surface area contributed by atoms with Gasteiger partial charge in [-0.25, -0.2) is 0 Å². The van der Waals surface area contributed by atoms with Crippen LogP contribution < -0.4 is 0 Å². The third kappa shape index (κ3) is 4.17. The summed E-state index contributed by atoms with van der Waals surface area (Å²) in [5, 5.41) is 18.4. The second-order valence-corrected chi connectivity index (χ2v) is 3.04. The first-order valence-corrected chi connectivity index (χ1v) is 4.10. The summed E-state index contributed by atoms with van der Waals surface area (Å²) in [7, 11) is 0. The number of hydrogen-bond donors (Lipinski definition) is 2. The number of aliphatic hydroxyl groups is 2. The van der Waals surface area contributed by atoms with Crippen LogP contribution in [0.3, 0.4) is 0 Å². The van der Waals surface area contributed by atoms with E-state index in [1.54, 1.807) is 0 Å². The zero-order chi connectivity index (χ0) is 8.85. The first kappa shape index (κ1) is 10.7. The molecule has 2 heteroatoms. The monoisotopic (exact) mass is 158 g/mol. The van der Waals surface area contributed by atoms with E-state index in [9.17, 15) is 5.11 Å². The highest BCUT2D eigenvalue weighted by molar-refractivity contribution is 4.84. The van der Waals surface area contributed by atoms with Crippen LogP contribution in [0.2, 0.25) is 0 Å². The van der Waals surface area contributed by atoms with Crippen molar-refractivity contribution in [1.29, 1.82) is 0 Å². The second-order valence-electron chi connectivity index (χ2n) is 3.04. The summed E-state index contributed by atoms with van der Waals surface area (Å²) in [4.78, 5) is 0. The van der Waals surface area contributed by atoms with Gasteiger partial charge in [-0.3, -0.25) is 0 Å². The Labute approximate surface area is 68.6 Å². The summed E-state index contributed by atoms with van der Waals surface area (Å²) in [5.74, 6) is 0.458. The Kier molecular flexibility index (Phi) is 5.16. The predicted octanol–water partition coefficient (Wildman–Crippen LogP) is 1.33. The number of hydrogen-bond acceptors (Lipinski definition) is 2. The molecule has 3 atom stereocenters. The average Bonchev–Trinajstić information content (AvgIpc) is 2.02. The fourth-order valence-electron chi connectivity index (χ4n) is 0.875. The van der Waals surface area contributed by atoms with Crippen LogP contribution in [-0.2, 0) is 0 Å². The molecule has 0 aliphatic carbocycles. The molecule has 0 bridgehead atoms. The molecule has 66 valence electrons. The molecule has 0 aromatic rings. The minimum atomic E-state index is -0.774. The fourth-order valence-corrected chi connectivity index (χ4v) is 0.875. The Hall–Kier alpha value is -0.340. The summed E-state index contributed by atoms with van der Waals surface area (Å²) in [6, 6.07) is 0. The van der Waals surface area contributed by atoms with Crippen molar-refractivity contribution in [1.82, 2.24) is 0 Å². The van der Waals surface area contributed by atoms with Crippen molar-refractivity contribution < 1.29 is 10.2 Å². The van der Waals surface area contributed by atoms with Crippen LogP contribution in [0.15, 0.2) is 12.7 Å². The Morgan fingerprint density at radius 3 is 2.36 bits per heavy atom. The molecule has 2 N–H and O–H groups in total. The molecule has 0 spiro atoms. The average molecular weight is 158 g/mol. The lowest BCUT2D eigenvalue weighted by Crippen LogP contribution is -2.25. The molecule has 2 nitrogen and oxygen atoms in total. The van der Waals surface area contributed by atoms with Gasteiger partial charge in [0, 0.05) is 0 Å². The highest BCUT2D eigenvalue weighted by atomic mass is 16.3. The molecule has 0 saturated heterocycles. The zero-order valence-electron chi connectivity index (χ0n) is 7.33. The van der Waals surface area contributed by atoms with Crippen molar-refractivity contribution in [2.45, 2.75) is 38.9 Å². The van der Waals surface area contributed by atoms with E-state index in [-0.39, 0.29) is 0 Å². The molecule has 0 heterocycles.